The summed E-state index contributed by atoms with van der Waals surface area (Å²) < 4.78 is 25.4. The van der Waals surface area contributed by atoms with Crippen molar-refractivity contribution in [1.82, 2.24) is 0 Å². The largest absolute Gasteiger partial charge is 0.508 e. The lowest BCUT2D eigenvalue weighted by atomic mass is 9.94. The van der Waals surface area contributed by atoms with E-state index in [4.69, 9.17) is 0 Å². The topological polar surface area (TPSA) is 104 Å². The van der Waals surface area contributed by atoms with Crippen molar-refractivity contribution in [2.24, 2.45) is 0 Å². The van der Waals surface area contributed by atoms with Gasteiger partial charge in [-0.3, -0.25) is 4.72 Å². The number of benzene rings is 3. The molecule has 0 fully saturated rings. The average Bonchev–Trinajstić information content (AvgIpc) is 2.65. The van der Waals surface area contributed by atoms with Crippen LogP contribution in [0.5, 0.6) is 5.75 Å². The Labute approximate surface area is 168 Å². The zero-order valence-corrected chi connectivity index (χ0v) is 16.2. The second kappa shape index (κ2) is 8.09. The van der Waals surface area contributed by atoms with Crippen molar-refractivity contribution >= 4 is 21.7 Å². The highest BCUT2D eigenvalue weighted by Gasteiger charge is 2.16. The minimum Gasteiger partial charge on any atom is -0.508 e. The van der Waals surface area contributed by atoms with E-state index >= 15 is 0 Å². The number of sulfonamides is 1. The molecule has 3 N–H and O–H groups in total. The number of aromatic hydroxyl groups is 1. The fourth-order valence-corrected chi connectivity index (χ4v) is 3.38. The fraction of sp³-hybridized carbons (Fsp3) is 0.0455. The van der Waals surface area contributed by atoms with E-state index in [1.54, 1.807) is 48.5 Å². The van der Waals surface area contributed by atoms with E-state index < -0.39 is 16.0 Å². The molecule has 0 spiro atoms. The molecule has 0 heterocycles. The van der Waals surface area contributed by atoms with Gasteiger partial charge in [-0.15, -0.1) is 0 Å². The molecule has 0 aliphatic rings. The smallest absolute Gasteiger partial charge is 0.336 e. The lowest BCUT2D eigenvalue weighted by Gasteiger charge is -2.11. The van der Waals surface area contributed by atoms with Gasteiger partial charge in [0.15, 0.2) is 0 Å². The summed E-state index contributed by atoms with van der Waals surface area (Å²) in [7, 11) is -3.48. The Kier molecular flexibility index (Phi) is 5.57. The molecule has 0 aromatic heterocycles. The Bertz CT molecular complexity index is 1250. The molecule has 0 unspecified atom stereocenters. The van der Waals surface area contributed by atoms with Gasteiger partial charge < -0.3 is 10.2 Å². The van der Waals surface area contributed by atoms with E-state index in [0.717, 1.165) is 6.26 Å². The molecule has 7 heteroatoms. The third-order valence-electron chi connectivity index (χ3n) is 3.94. The molecule has 0 saturated heterocycles. The number of hydrogen-bond donors (Lipinski definition) is 3. The molecule has 29 heavy (non-hydrogen) atoms. The highest BCUT2D eigenvalue weighted by molar-refractivity contribution is 7.92. The lowest BCUT2D eigenvalue weighted by molar-refractivity contribution is 0.0697. The molecule has 0 aliphatic carbocycles. The molecule has 0 radical (unpaired) electrons. The summed E-state index contributed by atoms with van der Waals surface area (Å²) in [6, 6.07) is 17.6. The van der Waals surface area contributed by atoms with Crippen LogP contribution in [0.2, 0.25) is 0 Å². The Balaban J connectivity index is 2.16. The molecule has 0 amide bonds. The third kappa shape index (κ3) is 5.15. The molecular weight excluding hydrogens is 390 g/mol. The van der Waals surface area contributed by atoms with Crippen LogP contribution in [-0.2, 0) is 10.0 Å². The van der Waals surface area contributed by atoms with Gasteiger partial charge in [0.1, 0.15) is 5.75 Å². The van der Waals surface area contributed by atoms with Crippen molar-refractivity contribution in [1.29, 1.82) is 0 Å². The molecule has 3 aromatic rings. The van der Waals surface area contributed by atoms with E-state index in [9.17, 15) is 23.4 Å². The number of hydrogen-bond acceptors (Lipinski definition) is 4. The second-order valence-electron chi connectivity index (χ2n) is 6.29. The second-order valence-corrected chi connectivity index (χ2v) is 8.04. The van der Waals surface area contributed by atoms with Crippen molar-refractivity contribution in [2.75, 3.05) is 11.0 Å². The van der Waals surface area contributed by atoms with Gasteiger partial charge in [-0.1, -0.05) is 36.1 Å². The van der Waals surface area contributed by atoms with Gasteiger partial charge in [0.25, 0.3) is 0 Å². The van der Waals surface area contributed by atoms with Crippen LogP contribution in [0.15, 0.2) is 66.7 Å². The monoisotopic (exact) mass is 407 g/mol. The van der Waals surface area contributed by atoms with Crippen LogP contribution in [0, 0.1) is 11.8 Å². The number of carbonyl (C=O) groups is 1. The molecule has 0 bridgehead atoms. The minimum atomic E-state index is -3.48. The number of phenols is 1. The Morgan fingerprint density at radius 3 is 2.38 bits per heavy atom. The lowest BCUT2D eigenvalue weighted by Crippen LogP contribution is -2.09. The Hall–Kier alpha value is -3.76. The Morgan fingerprint density at radius 2 is 1.69 bits per heavy atom. The number of rotatable bonds is 4. The standard InChI is InChI=1S/C22H17NO5S/c1-29(27,28)23-18-8-3-7-17(14-18)21-16(6-4-10-20(21)22(25)26)12-11-15-5-2-9-19(24)13-15/h2-10,13-14,23-24H,1H3,(H,25,26). The van der Waals surface area contributed by atoms with Crippen LogP contribution in [-0.4, -0.2) is 30.9 Å². The number of anilines is 1. The molecule has 3 aromatic carbocycles. The van der Waals surface area contributed by atoms with Crippen LogP contribution in [0.3, 0.4) is 0 Å². The third-order valence-corrected chi connectivity index (χ3v) is 4.54. The number of carboxylic acid groups (broad SMARTS) is 1. The van der Waals surface area contributed by atoms with Crippen molar-refractivity contribution in [3.05, 3.63) is 83.4 Å². The van der Waals surface area contributed by atoms with Gasteiger partial charge in [0.2, 0.25) is 10.0 Å². The first-order valence-corrected chi connectivity index (χ1v) is 10.4. The number of phenolic OH excluding ortho intramolecular Hbond substituents is 1. The first kappa shape index (κ1) is 20.0. The summed E-state index contributed by atoms with van der Waals surface area (Å²) in [5.74, 6) is 4.83. The molecule has 3 rings (SSSR count). The van der Waals surface area contributed by atoms with Gasteiger partial charge in [0, 0.05) is 22.4 Å². The van der Waals surface area contributed by atoms with E-state index in [1.165, 1.54) is 18.2 Å². The van der Waals surface area contributed by atoms with Gasteiger partial charge in [-0.05, 0) is 48.0 Å². The molecular formula is C22H17NO5S. The average molecular weight is 407 g/mol. The van der Waals surface area contributed by atoms with E-state index in [1.807, 2.05) is 0 Å². The summed E-state index contributed by atoms with van der Waals surface area (Å²) in [6.07, 6.45) is 1.04. The van der Waals surface area contributed by atoms with Crippen molar-refractivity contribution in [3.8, 4) is 28.7 Å². The molecule has 6 nitrogen and oxygen atoms in total. The molecule has 0 atom stereocenters. The highest BCUT2D eigenvalue weighted by atomic mass is 32.2. The first-order chi connectivity index (χ1) is 13.7. The maximum atomic E-state index is 11.8. The summed E-state index contributed by atoms with van der Waals surface area (Å²) in [5.41, 5.74) is 2.29. The van der Waals surface area contributed by atoms with Crippen molar-refractivity contribution in [2.45, 2.75) is 0 Å². The number of aromatic carboxylic acids is 1. The SMILES string of the molecule is CS(=O)(=O)Nc1cccc(-c2c(C#Cc3cccc(O)c3)cccc2C(=O)O)c1. The van der Waals surface area contributed by atoms with Crippen LogP contribution >= 0.6 is 0 Å². The van der Waals surface area contributed by atoms with E-state index in [0.29, 0.717) is 27.9 Å². The van der Waals surface area contributed by atoms with Crippen LogP contribution in [0.1, 0.15) is 21.5 Å². The van der Waals surface area contributed by atoms with E-state index in [2.05, 4.69) is 16.6 Å². The quantitative estimate of drug-likeness (QED) is 0.574. The summed E-state index contributed by atoms with van der Waals surface area (Å²) in [4.78, 5) is 11.8. The minimum absolute atomic E-state index is 0.0456. The normalized spacial score (nSPS) is 10.7. The van der Waals surface area contributed by atoms with Gasteiger partial charge in [-0.2, -0.15) is 0 Å². The predicted molar refractivity (Wildman–Crippen MR) is 111 cm³/mol. The van der Waals surface area contributed by atoms with Gasteiger partial charge >= 0.3 is 5.97 Å². The van der Waals surface area contributed by atoms with Gasteiger partial charge in [0.05, 0.1) is 11.8 Å². The fourth-order valence-electron chi connectivity index (χ4n) is 2.82. The van der Waals surface area contributed by atoms with Crippen LogP contribution in [0.4, 0.5) is 5.69 Å². The summed E-state index contributed by atoms with van der Waals surface area (Å²) >= 11 is 0. The predicted octanol–water partition coefficient (Wildman–Crippen LogP) is 3.53. The Morgan fingerprint density at radius 1 is 0.966 bits per heavy atom. The summed E-state index contributed by atoms with van der Waals surface area (Å²) in [6.45, 7) is 0. The summed E-state index contributed by atoms with van der Waals surface area (Å²) in [5, 5.41) is 19.2. The highest BCUT2D eigenvalue weighted by Crippen LogP contribution is 2.30. The molecule has 146 valence electrons. The van der Waals surface area contributed by atoms with Crippen LogP contribution < -0.4 is 4.72 Å². The molecule has 0 aliphatic heterocycles. The van der Waals surface area contributed by atoms with Crippen molar-refractivity contribution in [3.63, 3.8) is 0 Å². The maximum Gasteiger partial charge on any atom is 0.336 e. The number of nitrogens with one attached hydrogen (secondary N) is 1. The zero-order valence-electron chi connectivity index (χ0n) is 15.4. The van der Waals surface area contributed by atoms with Gasteiger partial charge in [-0.25, -0.2) is 13.2 Å². The maximum absolute atomic E-state index is 11.8. The van der Waals surface area contributed by atoms with Crippen LogP contribution in [0.25, 0.3) is 11.1 Å². The zero-order chi connectivity index (χ0) is 21.0. The molecule has 0 saturated carbocycles. The van der Waals surface area contributed by atoms with Crippen molar-refractivity contribution < 1.29 is 23.4 Å². The first-order valence-electron chi connectivity index (χ1n) is 8.48. The van der Waals surface area contributed by atoms with E-state index in [-0.39, 0.29) is 11.3 Å². The number of carboxylic acids is 1.